The third kappa shape index (κ3) is 17.2. The molecule has 28 heavy (non-hydrogen) atoms. The zero-order chi connectivity index (χ0) is 21.3. The van der Waals surface area contributed by atoms with E-state index in [1.165, 1.54) is 32.1 Å². The molecule has 5 heteroatoms. The first kappa shape index (κ1) is 27.1. The van der Waals surface area contributed by atoms with Gasteiger partial charge in [-0.2, -0.15) is 0 Å². The zero-order valence-corrected chi connectivity index (χ0v) is 18.6. The summed E-state index contributed by atoms with van der Waals surface area (Å²) >= 11 is 0. The lowest BCUT2D eigenvalue weighted by Crippen LogP contribution is -2.45. The van der Waals surface area contributed by atoms with Gasteiger partial charge in [0.25, 0.3) is 0 Å². The van der Waals surface area contributed by atoms with E-state index in [2.05, 4.69) is 12.2 Å². The zero-order valence-electron chi connectivity index (χ0n) is 18.6. The maximum absolute atomic E-state index is 11.4. The molecule has 0 aliphatic carbocycles. The van der Waals surface area contributed by atoms with Gasteiger partial charge >= 0.3 is 5.97 Å². The van der Waals surface area contributed by atoms with Crippen LogP contribution in [0.15, 0.2) is 12.2 Å². The average Bonchev–Trinajstić information content (AvgIpc) is 2.59. The molecule has 0 aromatic rings. The Morgan fingerprint density at radius 2 is 1.29 bits per heavy atom. The molecule has 3 N–H and O–H groups in total. The number of quaternary nitrogens is 1. The molecule has 0 amide bonds. The summed E-state index contributed by atoms with van der Waals surface area (Å²) in [6.45, 7) is 0.779. The Balaban J connectivity index is 3.62. The van der Waals surface area contributed by atoms with Gasteiger partial charge in [0, 0.05) is 6.61 Å². The normalized spacial score (nSPS) is 14.5. The summed E-state index contributed by atoms with van der Waals surface area (Å²) in [5.41, 5.74) is 0. The van der Waals surface area contributed by atoms with Crippen LogP contribution in [-0.4, -0.2) is 66.2 Å². The van der Waals surface area contributed by atoms with Crippen LogP contribution in [0.4, 0.5) is 0 Å². The largest absolute Gasteiger partial charge is 0.481 e. The Hall–Kier alpha value is -0.910. The number of aliphatic carboxylic acids is 1. The van der Waals surface area contributed by atoms with Gasteiger partial charge in [-0.05, 0) is 38.5 Å². The van der Waals surface area contributed by atoms with Gasteiger partial charge in [0.2, 0.25) is 0 Å². The van der Waals surface area contributed by atoms with E-state index in [1.54, 1.807) is 0 Å². The number of aliphatic hydroxyl groups is 2. The molecule has 0 heterocycles. The fraction of sp³-hybridized carbons (Fsp3) is 0.870. The van der Waals surface area contributed by atoms with Gasteiger partial charge in [0.05, 0.1) is 27.1 Å². The minimum Gasteiger partial charge on any atom is -0.481 e. The number of likely N-dealkylation sites (N-methyl/N-ethyl adjacent to an activating group) is 1. The number of hydrogen-bond donors (Lipinski definition) is 3. The van der Waals surface area contributed by atoms with Crippen molar-refractivity contribution in [3.63, 3.8) is 0 Å². The molecule has 0 aliphatic heterocycles. The number of aliphatic hydroxyl groups excluding tert-OH is 2. The van der Waals surface area contributed by atoms with Crippen LogP contribution in [0, 0.1) is 5.92 Å². The molecule has 0 radical (unpaired) electrons. The van der Waals surface area contributed by atoms with Crippen molar-refractivity contribution in [1.29, 1.82) is 0 Å². The molecular formula is C23H46NO4+. The number of hydrogen-bond acceptors (Lipinski definition) is 3. The van der Waals surface area contributed by atoms with E-state index in [-0.39, 0.29) is 0 Å². The molecule has 2 atom stereocenters. The maximum atomic E-state index is 11.4. The second kappa shape index (κ2) is 17.0. The number of carboxylic acids is 1. The Bertz CT molecular complexity index is 404. The van der Waals surface area contributed by atoms with Crippen molar-refractivity contribution >= 4 is 5.97 Å². The molecule has 0 saturated heterocycles. The van der Waals surface area contributed by atoms with Crippen molar-refractivity contribution in [1.82, 2.24) is 0 Å². The number of carbonyl (C=O) groups is 1. The topological polar surface area (TPSA) is 77.8 Å². The molecule has 0 saturated carbocycles. The van der Waals surface area contributed by atoms with Crippen LogP contribution < -0.4 is 0 Å². The predicted octanol–water partition coefficient (Wildman–Crippen LogP) is 4.37. The van der Waals surface area contributed by atoms with E-state index >= 15 is 0 Å². The average molecular weight is 401 g/mol. The second-order valence-electron chi connectivity index (χ2n) is 9.08. The molecule has 5 nitrogen and oxygen atoms in total. The fourth-order valence-electron chi connectivity index (χ4n) is 3.47. The number of nitrogens with zero attached hydrogens (tertiary/aromatic N) is 1. The van der Waals surface area contributed by atoms with Crippen LogP contribution in [0.3, 0.4) is 0 Å². The number of unbranched alkanes of at least 4 members (excludes halogenated alkanes) is 10. The highest BCUT2D eigenvalue weighted by Crippen LogP contribution is 2.18. The molecule has 0 spiro atoms. The third-order valence-electron chi connectivity index (χ3n) is 5.10. The minimum atomic E-state index is -0.874. The van der Waals surface area contributed by atoms with E-state index in [0.29, 0.717) is 24.1 Å². The molecule has 0 aromatic carbocycles. The Morgan fingerprint density at radius 3 is 1.75 bits per heavy atom. The number of allylic oxidation sites excluding steroid dienone is 2. The third-order valence-corrected chi connectivity index (χ3v) is 5.10. The van der Waals surface area contributed by atoms with Crippen molar-refractivity contribution in [3.05, 3.63) is 12.2 Å². The molecule has 2 unspecified atom stereocenters. The number of carboxylic acid groups (broad SMARTS) is 1. The van der Waals surface area contributed by atoms with Crippen molar-refractivity contribution in [3.8, 4) is 0 Å². The highest BCUT2D eigenvalue weighted by atomic mass is 16.4. The summed E-state index contributed by atoms with van der Waals surface area (Å²) in [7, 11) is 5.91. The fourth-order valence-corrected chi connectivity index (χ4v) is 3.47. The lowest BCUT2D eigenvalue weighted by Gasteiger charge is -2.29. The quantitative estimate of drug-likeness (QED) is 0.171. The van der Waals surface area contributed by atoms with Crippen LogP contribution in [0.5, 0.6) is 0 Å². The summed E-state index contributed by atoms with van der Waals surface area (Å²) < 4.78 is 0.573. The second-order valence-corrected chi connectivity index (χ2v) is 9.08. The van der Waals surface area contributed by atoms with Crippen LogP contribution in [-0.2, 0) is 4.79 Å². The van der Waals surface area contributed by atoms with Crippen molar-refractivity contribution in [2.75, 3.05) is 34.3 Å². The first-order valence-corrected chi connectivity index (χ1v) is 11.2. The van der Waals surface area contributed by atoms with E-state index in [0.717, 1.165) is 44.9 Å². The van der Waals surface area contributed by atoms with Crippen LogP contribution in [0.2, 0.25) is 0 Å². The van der Waals surface area contributed by atoms with Gasteiger partial charge in [-0.3, -0.25) is 4.79 Å². The van der Waals surface area contributed by atoms with E-state index in [9.17, 15) is 15.0 Å². The monoisotopic (exact) mass is 400 g/mol. The summed E-state index contributed by atoms with van der Waals surface area (Å²) in [5, 5.41) is 28.3. The van der Waals surface area contributed by atoms with Crippen LogP contribution >= 0.6 is 0 Å². The van der Waals surface area contributed by atoms with Crippen LogP contribution in [0.1, 0.15) is 83.5 Å². The van der Waals surface area contributed by atoms with Gasteiger partial charge in [-0.1, -0.05) is 57.1 Å². The molecular weight excluding hydrogens is 354 g/mol. The summed E-state index contributed by atoms with van der Waals surface area (Å²) in [6.07, 6.45) is 17.9. The number of rotatable bonds is 19. The Kier molecular flexibility index (Phi) is 16.4. The highest BCUT2D eigenvalue weighted by Gasteiger charge is 2.30. The first-order chi connectivity index (χ1) is 13.3. The Morgan fingerprint density at radius 1 is 0.821 bits per heavy atom. The van der Waals surface area contributed by atoms with Gasteiger partial charge in [0.15, 0.2) is 0 Å². The summed E-state index contributed by atoms with van der Waals surface area (Å²) in [4.78, 5) is 11.4. The van der Waals surface area contributed by atoms with E-state index < -0.39 is 18.0 Å². The predicted molar refractivity (Wildman–Crippen MR) is 116 cm³/mol. The highest BCUT2D eigenvalue weighted by molar-refractivity contribution is 5.70. The van der Waals surface area contributed by atoms with Crippen molar-refractivity contribution < 1.29 is 24.6 Å². The SMILES string of the molecule is C[N+](C)(C)CC(O)C(CCCCCCCC/C=C\CCCCCCO)C(=O)O. The standard InChI is InChI=1S/C23H45NO4/c1-24(2,3)20-22(26)21(23(27)28)18-16-14-12-10-8-6-4-5-7-9-11-13-15-17-19-25/h5,7,21-22,25-26H,4,6,8-20H2,1-3H3/p+1/b7-5-. The minimum absolute atomic E-state index is 0.314. The smallest absolute Gasteiger partial charge is 0.309 e. The molecule has 0 rings (SSSR count). The molecule has 0 aromatic heterocycles. The van der Waals surface area contributed by atoms with Gasteiger partial charge in [0.1, 0.15) is 12.6 Å². The van der Waals surface area contributed by atoms with E-state index in [4.69, 9.17) is 5.11 Å². The molecule has 166 valence electrons. The maximum Gasteiger partial charge on any atom is 0.309 e. The van der Waals surface area contributed by atoms with Gasteiger partial charge in [-0.15, -0.1) is 0 Å². The summed E-state index contributed by atoms with van der Waals surface area (Å²) in [6, 6.07) is 0. The van der Waals surface area contributed by atoms with Crippen molar-refractivity contribution in [2.45, 2.75) is 89.6 Å². The van der Waals surface area contributed by atoms with Crippen molar-refractivity contribution in [2.24, 2.45) is 5.92 Å². The lowest BCUT2D eigenvalue weighted by molar-refractivity contribution is -0.874. The van der Waals surface area contributed by atoms with E-state index in [1.807, 2.05) is 21.1 Å². The van der Waals surface area contributed by atoms with Gasteiger partial charge < -0.3 is 19.8 Å². The molecule has 0 aliphatic rings. The first-order valence-electron chi connectivity index (χ1n) is 11.2. The molecule has 0 fully saturated rings. The molecule has 0 bridgehead atoms. The Labute approximate surface area is 173 Å². The lowest BCUT2D eigenvalue weighted by atomic mass is 9.94. The summed E-state index contributed by atoms with van der Waals surface area (Å²) in [5.74, 6) is -1.52. The van der Waals surface area contributed by atoms with Crippen LogP contribution in [0.25, 0.3) is 0 Å². The van der Waals surface area contributed by atoms with Gasteiger partial charge in [-0.25, -0.2) is 0 Å².